The van der Waals surface area contributed by atoms with Gasteiger partial charge >= 0.3 is 6.18 Å². The zero-order valence-corrected chi connectivity index (χ0v) is 20.4. The molecule has 37 heavy (non-hydrogen) atoms. The molecule has 0 unspecified atom stereocenters. The number of piperazine rings is 1. The zero-order valence-electron chi connectivity index (χ0n) is 20.4. The number of nitrogens with zero attached hydrogens (tertiary/aromatic N) is 5. The van der Waals surface area contributed by atoms with Crippen molar-refractivity contribution in [3.63, 3.8) is 0 Å². The Labute approximate surface area is 213 Å². The van der Waals surface area contributed by atoms with E-state index in [0.29, 0.717) is 50.1 Å². The van der Waals surface area contributed by atoms with Crippen LogP contribution in [0.5, 0.6) is 0 Å². The summed E-state index contributed by atoms with van der Waals surface area (Å²) in [4.78, 5) is 42.8. The van der Waals surface area contributed by atoms with E-state index in [-0.39, 0.29) is 24.6 Å². The van der Waals surface area contributed by atoms with Crippen LogP contribution >= 0.6 is 0 Å². The third kappa shape index (κ3) is 5.75. The highest BCUT2D eigenvalue weighted by Crippen LogP contribution is 2.41. The summed E-state index contributed by atoms with van der Waals surface area (Å²) in [5, 5.41) is 3.02. The predicted molar refractivity (Wildman–Crippen MR) is 130 cm³/mol. The number of nitrogens with one attached hydrogen (secondary N) is 1. The van der Waals surface area contributed by atoms with Gasteiger partial charge in [-0.25, -0.2) is 15.0 Å². The summed E-state index contributed by atoms with van der Waals surface area (Å²) in [6.07, 6.45) is 3.28. The molecule has 5 rings (SSSR count). The van der Waals surface area contributed by atoms with Crippen molar-refractivity contribution < 1.29 is 22.8 Å². The van der Waals surface area contributed by atoms with Gasteiger partial charge in [0, 0.05) is 45.1 Å². The van der Waals surface area contributed by atoms with E-state index >= 15 is 0 Å². The van der Waals surface area contributed by atoms with E-state index in [2.05, 4.69) is 15.3 Å². The standard InChI is InChI=1S/C26H29F3N6O2/c27-26(28,29)20-5-2-1-4-19(20)23(36)35-16-14-34(15-17-35)22(21-30-11-3-12-31-21)33-25(9-10-25)24(37)32-13-8-18-6-7-18/h1-5,11-12,18H,6-10,13-17H2,(H,32,37). The molecule has 2 amide bonds. The van der Waals surface area contributed by atoms with Gasteiger partial charge in [0.05, 0.1) is 11.1 Å². The number of carbonyl (C=O) groups is 2. The molecule has 8 nitrogen and oxygen atoms in total. The molecular weight excluding hydrogens is 485 g/mol. The topological polar surface area (TPSA) is 90.8 Å². The number of amides is 2. The third-order valence-electron chi connectivity index (χ3n) is 7.10. The lowest BCUT2D eigenvalue weighted by atomic mass is 10.1. The Kier molecular flexibility index (Phi) is 6.87. The number of aliphatic imine (C=N–C) groups is 1. The van der Waals surface area contributed by atoms with Crippen molar-refractivity contribution in [2.75, 3.05) is 32.7 Å². The molecule has 3 fully saturated rings. The highest BCUT2D eigenvalue weighted by Gasteiger charge is 2.51. The Hall–Kier alpha value is -3.50. The average molecular weight is 515 g/mol. The summed E-state index contributed by atoms with van der Waals surface area (Å²) in [5.41, 5.74) is -2.15. The number of hydrogen-bond donors (Lipinski definition) is 1. The van der Waals surface area contributed by atoms with Gasteiger partial charge in [-0.2, -0.15) is 13.2 Å². The highest BCUT2D eigenvalue weighted by molar-refractivity contribution is 6.00. The van der Waals surface area contributed by atoms with Gasteiger partial charge in [0.1, 0.15) is 5.54 Å². The van der Waals surface area contributed by atoms with Crippen LogP contribution in [-0.4, -0.2) is 75.7 Å². The lowest BCUT2D eigenvalue weighted by Gasteiger charge is -2.36. The quantitative estimate of drug-likeness (QED) is 0.453. The van der Waals surface area contributed by atoms with E-state index in [1.165, 1.54) is 35.9 Å². The molecule has 1 aromatic heterocycles. The minimum atomic E-state index is -4.61. The molecule has 2 aromatic rings. The normalized spacial score (nSPS) is 19.5. The molecule has 0 bridgehead atoms. The zero-order chi connectivity index (χ0) is 26.0. The Morgan fingerprint density at radius 3 is 2.27 bits per heavy atom. The fourth-order valence-corrected chi connectivity index (χ4v) is 4.56. The van der Waals surface area contributed by atoms with Gasteiger partial charge in [-0.15, -0.1) is 0 Å². The van der Waals surface area contributed by atoms with Gasteiger partial charge in [-0.3, -0.25) is 9.59 Å². The van der Waals surface area contributed by atoms with Crippen molar-refractivity contribution in [2.45, 2.75) is 43.8 Å². The summed E-state index contributed by atoms with van der Waals surface area (Å²) < 4.78 is 40.3. The summed E-state index contributed by atoms with van der Waals surface area (Å²) in [6, 6.07) is 6.52. The first-order valence-corrected chi connectivity index (χ1v) is 12.6. The molecule has 11 heteroatoms. The fraction of sp³-hybridized carbons (Fsp3) is 0.500. The fourth-order valence-electron chi connectivity index (χ4n) is 4.56. The molecule has 0 atom stereocenters. The molecular formula is C26H29F3N6O2. The number of amidine groups is 1. The van der Waals surface area contributed by atoms with E-state index in [9.17, 15) is 22.8 Å². The van der Waals surface area contributed by atoms with Gasteiger partial charge in [0.15, 0.2) is 11.7 Å². The maximum Gasteiger partial charge on any atom is 0.417 e. The van der Waals surface area contributed by atoms with Gasteiger partial charge in [-0.05, 0) is 43.4 Å². The average Bonchev–Trinajstić information content (AvgIpc) is 3.84. The van der Waals surface area contributed by atoms with E-state index in [4.69, 9.17) is 4.99 Å². The van der Waals surface area contributed by atoms with Crippen LogP contribution in [0.1, 0.15) is 53.8 Å². The molecule has 1 aromatic carbocycles. The number of aromatic nitrogens is 2. The van der Waals surface area contributed by atoms with Crippen LogP contribution < -0.4 is 5.32 Å². The molecule has 0 radical (unpaired) electrons. The summed E-state index contributed by atoms with van der Waals surface area (Å²) in [6.45, 7) is 1.71. The SMILES string of the molecule is O=C(c1ccccc1C(F)(F)F)N1CCN(C(=NC2(C(=O)NCCC3CC3)CC2)c2ncccn2)CC1. The van der Waals surface area contributed by atoms with Gasteiger partial charge in [0.25, 0.3) is 5.91 Å². The molecule has 2 aliphatic carbocycles. The summed E-state index contributed by atoms with van der Waals surface area (Å²) in [5.74, 6) is 0.809. The van der Waals surface area contributed by atoms with Crippen LogP contribution in [0.2, 0.25) is 0 Å². The van der Waals surface area contributed by atoms with E-state index in [1.807, 2.05) is 4.90 Å². The highest BCUT2D eigenvalue weighted by atomic mass is 19.4. The number of halogens is 3. The Balaban J connectivity index is 1.31. The van der Waals surface area contributed by atoms with Crippen LogP contribution in [0.4, 0.5) is 13.2 Å². The minimum Gasteiger partial charge on any atom is -0.354 e. The second-order valence-electron chi connectivity index (χ2n) is 9.85. The molecule has 3 aliphatic rings. The lowest BCUT2D eigenvalue weighted by molar-refractivity contribution is -0.138. The Morgan fingerprint density at radius 1 is 1.00 bits per heavy atom. The van der Waals surface area contributed by atoms with Gasteiger partial charge < -0.3 is 15.1 Å². The maximum atomic E-state index is 13.4. The first-order valence-electron chi connectivity index (χ1n) is 12.6. The van der Waals surface area contributed by atoms with Crippen LogP contribution in [0.25, 0.3) is 0 Å². The molecule has 2 saturated carbocycles. The molecule has 1 N–H and O–H groups in total. The molecule has 0 spiro atoms. The summed E-state index contributed by atoms with van der Waals surface area (Å²) >= 11 is 0. The second kappa shape index (κ2) is 10.1. The monoisotopic (exact) mass is 514 g/mol. The molecule has 1 aliphatic heterocycles. The largest absolute Gasteiger partial charge is 0.417 e. The third-order valence-corrected chi connectivity index (χ3v) is 7.10. The maximum absolute atomic E-state index is 13.4. The number of alkyl halides is 3. The van der Waals surface area contributed by atoms with Crippen molar-refractivity contribution in [3.8, 4) is 0 Å². The number of benzene rings is 1. The second-order valence-corrected chi connectivity index (χ2v) is 9.85. The van der Waals surface area contributed by atoms with Crippen LogP contribution in [0.15, 0.2) is 47.7 Å². The molecule has 2 heterocycles. The lowest BCUT2D eigenvalue weighted by Crippen LogP contribution is -2.52. The first kappa shape index (κ1) is 25.2. The summed E-state index contributed by atoms with van der Waals surface area (Å²) in [7, 11) is 0. The van der Waals surface area contributed by atoms with Crippen molar-refractivity contribution in [1.29, 1.82) is 0 Å². The first-order chi connectivity index (χ1) is 17.8. The van der Waals surface area contributed by atoms with E-state index in [0.717, 1.165) is 12.5 Å². The van der Waals surface area contributed by atoms with Crippen LogP contribution in [-0.2, 0) is 11.0 Å². The smallest absolute Gasteiger partial charge is 0.354 e. The van der Waals surface area contributed by atoms with Crippen LogP contribution in [0, 0.1) is 5.92 Å². The Bertz CT molecular complexity index is 1170. The minimum absolute atomic E-state index is 0.0980. The van der Waals surface area contributed by atoms with E-state index < -0.39 is 23.2 Å². The number of carbonyl (C=O) groups excluding carboxylic acids is 2. The van der Waals surface area contributed by atoms with Crippen molar-refractivity contribution in [2.24, 2.45) is 10.9 Å². The van der Waals surface area contributed by atoms with E-state index in [1.54, 1.807) is 18.5 Å². The molecule has 1 saturated heterocycles. The Morgan fingerprint density at radius 2 is 1.65 bits per heavy atom. The van der Waals surface area contributed by atoms with Crippen molar-refractivity contribution in [1.82, 2.24) is 25.1 Å². The van der Waals surface area contributed by atoms with Crippen LogP contribution in [0.3, 0.4) is 0 Å². The number of hydrogen-bond acceptors (Lipinski definition) is 5. The number of rotatable bonds is 7. The van der Waals surface area contributed by atoms with Crippen molar-refractivity contribution >= 4 is 17.6 Å². The van der Waals surface area contributed by atoms with Crippen molar-refractivity contribution in [3.05, 3.63) is 59.7 Å². The molecule has 196 valence electrons. The van der Waals surface area contributed by atoms with Gasteiger partial charge in [-0.1, -0.05) is 25.0 Å². The van der Waals surface area contributed by atoms with Gasteiger partial charge in [0.2, 0.25) is 5.91 Å². The predicted octanol–water partition coefficient (Wildman–Crippen LogP) is 3.15.